The van der Waals surface area contributed by atoms with E-state index in [1.54, 1.807) is 11.9 Å². The molecule has 2 heterocycles. The minimum atomic E-state index is -0.549. The zero-order valence-electron chi connectivity index (χ0n) is 16.6. The summed E-state index contributed by atoms with van der Waals surface area (Å²) in [5.41, 5.74) is 1.88. The van der Waals surface area contributed by atoms with Gasteiger partial charge in [0.1, 0.15) is 0 Å². The van der Waals surface area contributed by atoms with E-state index in [4.69, 9.17) is 4.74 Å². The van der Waals surface area contributed by atoms with Crippen LogP contribution in [0.2, 0.25) is 0 Å². The number of hydrazone groups is 1. The number of hydrogen-bond donors (Lipinski definition) is 0. The number of para-hydroxylation sites is 2. The van der Waals surface area contributed by atoms with Crippen molar-refractivity contribution in [2.24, 2.45) is 5.10 Å². The van der Waals surface area contributed by atoms with E-state index in [0.29, 0.717) is 12.3 Å². The highest BCUT2D eigenvalue weighted by Crippen LogP contribution is 2.48. The average Bonchev–Trinajstić information content (AvgIpc) is 3.09. The predicted octanol–water partition coefficient (Wildman–Crippen LogP) is 5.53. The molecule has 2 aromatic rings. The van der Waals surface area contributed by atoms with Crippen molar-refractivity contribution in [1.29, 1.82) is 0 Å². The van der Waals surface area contributed by atoms with E-state index in [1.165, 1.54) is 27.6 Å². The molecular weight excluding hydrogens is 382 g/mol. The van der Waals surface area contributed by atoms with Crippen molar-refractivity contribution in [2.45, 2.75) is 61.0 Å². The third kappa shape index (κ3) is 3.29. The van der Waals surface area contributed by atoms with Gasteiger partial charge in [-0.05, 0) is 37.1 Å². The molecule has 29 heavy (non-hydrogen) atoms. The lowest BCUT2D eigenvalue weighted by Gasteiger charge is -2.37. The fraction of sp³-hybridized carbons (Fsp3) is 0.391. The Morgan fingerprint density at radius 2 is 1.66 bits per heavy atom. The van der Waals surface area contributed by atoms with Crippen LogP contribution in [0.1, 0.15) is 45.4 Å². The van der Waals surface area contributed by atoms with Gasteiger partial charge in [0.15, 0.2) is 0 Å². The highest BCUT2D eigenvalue weighted by molar-refractivity contribution is 7.99. The molecular formula is C23H25N3O2S. The van der Waals surface area contributed by atoms with Gasteiger partial charge < -0.3 is 9.64 Å². The number of ether oxygens (including phenoxy) is 1. The second kappa shape index (κ2) is 7.41. The summed E-state index contributed by atoms with van der Waals surface area (Å²) in [5, 5.41) is 6.21. The van der Waals surface area contributed by atoms with E-state index in [9.17, 15) is 4.79 Å². The van der Waals surface area contributed by atoms with E-state index in [2.05, 4.69) is 58.5 Å². The van der Waals surface area contributed by atoms with Gasteiger partial charge in [0.25, 0.3) is 0 Å². The predicted molar refractivity (Wildman–Crippen MR) is 115 cm³/mol. The Bertz CT molecular complexity index is 923. The molecule has 6 heteroatoms. The quantitative estimate of drug-likeness (QED) is 0.671. The monoisotopic (exact) mass is 407 g/mol. The van der Waals surface area contributed by atoms with Crippen LogP contribution in [0.4, 0.5) is 11.4 Å². The van der Waals surface area contributed by atoms with E-state index in [1.807, 2.05) is 11.8 Å². The molecule has 1 fully saturated rings. The molecule has 0 atom stereocenters. The number of nitrogens with zero attached hydrogens (tertiary/aromatic N) is 3. The number of anilines is 2. The molecule has 0 unspecified atom stereocenters. The van der Waals surface area contributed by atoms with Crippen LogP contribution in [0, 0.1) is 0 Å². The maximum absolute atomic E-state index is 12.2. The summed E-state index contributed by atoms with van der Waals surface area (Å²) >= 11 is 1.81. The van der Waals surface area contributed by atoms with Gasteiger partial charge in [0.2, 0.25) is 17.5 Å². The van der Waals surface area contributed by atoms with Crippen LogP contribution in [-0.2, 0) is 9.53 Å². The Morgan fingerprint density at radius 3 is 2.28 bits per heavy atom. The molecule has 1 aliphatic carbocycles. The van der Waals surface area contributed by atoms with Crippen LogP contribution in [0.5, 0.6) is 0 Å². The first-order chi connectivity index (χ1) is 14.2. The number of carbonyl (C=O) groups excluding carboxylic acids is 1. The Morgan fingerprint density at radius 1 is 1.03 bits per heavy atom. The zero-order valence-corrected chi connectivity index (χ0v) is 17.5. The van der Waals surface area contributed by atoms with Crippen LogP contribution in [-0.4, -0.2) is 29.1 Å². The van der Waals surface area contributed by atoms with Gasteiger partial charge in [-0.2, -0.15) is 5.01 Å². The minimum Gasteiger partial charge on any atom is -0.451 e. The summed E-state index contributed by atoms with van der Waals surface area (Å²) in [6.07, 6.45) is 5.76. The summed E-state index contributed by atoms with van der Waals surface area (Å²) in [6.45, 7) is 2.34. The topological polar surface area (TPSA) is 45.1 Å². The molecule has 5 nitrogen and oxygen atoms in total. The lowest BCUT2D eigenvalue weighted by Crippen LogP contribution is -2.48. The van der Waals surface area contributed by atoms with Crippen LogP contribution >= 0.6 is 11.8 Å². The lowest BCUT2D eigenvalue weighted by atomic mass is 9.91. The van der Waals surface area contributed by atoms with E-state index >= 15 is 0 Å². The third-order valence-electron chi connectivity index (χ3n) is 5.92. The van der Waals surface area contributed by atoms with E-state index in [0.717, 1.165) is 32.2 Å². The first-order valence-corrected chi connectivity index (χ1v) is 11.2. The largest absolute Gasteiger partial charge is 0.451 e. The molecule has 0 bridgehead atoms. The molecule has 5 rings (SSSR count). The van der Waals surface area contributed by atoms with Gasteiger partial charge in [0, 0.05) is 42.5 Å². The van der Waals surface area contributed by atoms with E-state index in [-0.39, 0.29) is 5.91 Å². The average molecular weight is 408 g/mol. The van der Waals surface area contributed by atoms with Crippen molar-refractivity contribution >= 4 is 34.9 Å². The first kappa shape index (κ1) is 18.6. The van der Waals surface area contributed by atoms with Crippen LogP contribution in [0.15, 0.2) is 63.4 Å². The normalized spacial score (nSPS) is 19.4. The highest BCUT2D eigenvalue weighted by atomic mass is 32.2. The summed E-state index contributed by atoms with van der Waals surface area (Å²) in [4.78, 5) is 17.1. The Balaban J connectivity index is 1.39. The van der Waals surface area contributed by atoms with Gasteiger partial charge in [-0.1, -0.05) is 42.4 Å². The van der Waals surface area contributed by atoms with Crippen molar-refractivity contribution in [2.75, 3.05) is 11.4 Å². The molecule has 0 N–H and O–H groups in total. The molecule has 0 radical (unpaired) electrons. The van der Waals surface area contributed by atoms with Gasteiger partial charge in [-0.25, -0.2) is 0 Å². The fourth-order valence-electron chi connectivity index (χ4n) is 4.59. The third-order valence-corrected chi connectivity index (χ3v) is 7.05. The second-order valence-electron chi connectivity index (χ2n) is 7.87. The van der Waals surface area contributed by atoms with Gasteiger partial charge in [0.05, 0.1) is 11.4 Å². The SMILES string of the molecule is CC(=O)N1N=C(CCN2c3ccccc3Sc3ccccc32)OC12CCCCC2. The Kier molecular flexibility index (Phi) is 4.74. The first-order valence-electron chi connectivity index (χ1n) is 10.4. The summed E-state index contributed by atoms with van der Waals surface area (Å²) < 4.78 is 6.35. The van der Waals surface area contributed by atoms with Crippen molar-refractivity contribution in [3.63, 3.8) is 0 Å². The Hall–Kier alpha value is -2.47. The standard InChI is InChI=1S/C23H25N3O2S/c1-17(27)26-23(14-7-2-8-15-23)28-22(24-26)13-16-25-18-9-3-5-11-20(18)29-21-12-6-4-10-19(21)25/h3-6,9-12H,2,7-8,13-16H2,1H3. The molecule has 2 aliphatic heterocycles. The fourth-order valence-corrected chi connectivity index (χ4v) is 5.69. The zero-order chi connectivity index (χ0) is 19.8. The van der Waals surface area contributed by atoms with Crippen molar-refractivity contribution < 1.29 is 9.53 Å². The Labute approximate surface area is 175 Å². The number of rotatable bonds is 3. The van der Waals surface area contributed by atoms with Gasteiger partial charge in [-0.3, -0.25) is 4.79 Å². The molecule has 1 saturated carbocycles. The number of hydrogen-bond acceptors (Lipinski definition) is 5. The minimum absolute atomic E-state index is 0.0352. The summed E-state index contributed by atoms with van der Waals surface area (Å²) in [7, 11) is 0. The molecule has 1 amide bonds. The molecule has 1 spiro atoms. The van der Waals surface area contributed by atoms with Crippen molar-refractivity contribution in [3.8, 4) is 0 Å². The summed E-state index contributed by atoms with van der Waals surface area (Å²) in [5.74, 6) is 0.641. The summed E-state index contributed by atoms with van der Waals surface area (Å²) in [6, 6.07) is 17.0. The second-order valence-corrected chi connectivity index (χ2v) is 8.96. The molecule has 150 valence electrons. The molecule has 0 aromatic heterocycles. The lowest BCUT2D eigenvalue weighted by molar-refractivity contribution is -0.152. The van der Waals surface area contributed by atoms with E-state index < -0.39 is 5.72 Å². The molecule has 2 aromatic carbocycles. The van der Waals surface area contributed by atoms with Crippen molar-refractivity contribution in [1.82, 2.24) is 5.01 Å². The van der Waals surface area contributed by atoms with Crippen LogP contribution in [0.25, 0.3) is 0 Å². The smallest absolute Gasteiger partial charge is 0.243 e. The molecule has 3 aliphatic rings. The number of carbonyl (C=O) groups is 1. The van der Waals surface area contributed by atoms with Crippen molar-refractivity contribution in [3.05, 3.63) is 48.5 Å². The van der Waals surface area contributed by atoms with Gasteiger partial charge >= 0.3 is 0 Å². The maximum atomic E-state index is 12.2. The number of fused-ring (bicyclic) bond motifs is 2. The highest BCUT2D eigenvalue weighted by Gasteiger charge is 2.47. The molecule has 0 saturated heterocycles. The van der Waals surface area contributed by atoms with Crippen LogP contribution in [0.3, 0.4) is 0 Å². The number of benzene rings is 2. The maximum Gasteiger partial charge on any atom is 0.243 e. The number of amides is 1. The van der Waals surface area contributed by atoms with Crippen LogP contribution < -0.4 is 4.90 Å². The van der Waals surface area contributed by atoms with Gasteiger partial charge in [-0.15, -0.1) is 5.10 Å².